The fourth-order valence-corrected chi connectivity index (χ4v) is 2.15. The van der Waals surface area contributed by atoms with E-state index in [1.807, 2.05) is 13.1 Å². The molecule has 2 aromatic carbocycles. The molecule has 0 spiro atoms. The maximum absolute atomic E-state index is 13.9. The third-order valence-corrected chi connectivity index (χ3v) is 3.21. The van der Waals surface area contributed by atoms with Gasteiger partial charge in [-0.25, -0.2) is 8.78 Å². The van der Waals surface area contributed by atoms with Crippen molar-refractivity contribution in [2.45, 2.75) is 13.5 Å². The lowest BCUT2D eigenvalue weighted by molar-refractivity contribution is 0.408. The van der Waals surface area contributed by atoms with E-state index in [0.717, 1.165) is 17.4 Å². The first kappa shape index (κ1) is 14.5. The second kappa shape index (κ2) is 6.01. The first-order chi connectivity index (χ1) is 9.56. The minimum absolute atomic E-state index is 0.393. The van der Waals surface area contributed by atoms with Gasteiger partial charge in [0.05, 0.1) is 7.11 Å². The molecular weight excluding hydrogens is 260 g/mol. The molecule has 0 radical (unpaired) electrons. The van der Waals surface area contributed by atoms with Crippen LogP contribution in [0.4, 0.5) is 8.78 Å². The first-order valence-corrected chi connectivity index (χ1v) is 6.34. The van der Waals surface area contributed by atoms with Crippen molar-refractivity contribution in [3.8, 4) is 16.9 Å². The molecule has 0 aromatic heterocycles. The summed E-state index contributed by atoms with van der Waals surface area (Å²) in [4.78, 5) is 0. The van der Waals surface area contributed by atoms with Crippen LogP contribution in [0.2, 0.25) is 0 Å². The van der Waals surface area contributed by atoms with Gasteiger partial charge in [0.2, 0.25) is 0 Å². The van der Waals surface area contributed by atoms with Gasteiger partial charge in [-0.2, -0.15) is 0 Å². The van der Waals surface area contributed by atoms with Crippen LogP contribution >= 0.6 is 0 Å². The molecule has 0 fully saturated rings. The summed E-state index contributed by atoms with van der Waals surface area (Å²) in [7, 11) is 3.42. The van der Waals surface area contributed by atoms with Gasteiger partial charge in [-0.1, -0.05) is 6.07 Å². The lowest BCUT2D eigenvalue weighted by Crippen LogP contribution is -2.06. The Labute approximate surface area is 117 Å². The number of methoxy groups -OCH3 is 1. The lowest BCUT2D eigenvalue weighted by Gasteiger charge is -2.12. The second-order valence-electron chi connectivity index (χ2n) is 4.64. The van der Waals surface area contributed by atoms with Crippen LogP contribution in [0.3, 0.4) is 0 Å². The molecule has 0 atom stereocenters. The normalized spacial score (nSPS) is 10.7. The highest BCUT2D eigenvalue weighted by Crippen LogP contribution is 2.29. The summed E-state index contributed by atoms with van der Waals surface area (Å²) in [6.07, 6.45) is 0. The van der Waals surface area contributed by atoms with Crippen LogP contribution in [0.15, 0.2) is 30.3 Å². The van der Waals surface area contributed by atoms with E-state index in [0.29, 0.717) is 23.2 Å². The van der Waals surface area contributed by atoms with Crippen molar-refractivity contribution >= 4 is 0 Å². The van der Waals surface area contributed by atoms with Crippen molar-refractivity contribution in [2.24, 2.45) is 0 Å². The van der Waals surface area contributed by atoms with Crippen LogP contribution in [-0.2, 0) is 6.54 Å². The van der Waals surface area contributed by atoms with Gasteiger partial charge in [0.1, 0.15) is 17.4 Å². The van der Waals surface area contributed by atoms with Gasteiger partial charge in [0.25, 0.3) is 0 Å². The number of hydrogen-bond donors (Lipinski definition) is 1. The van der Waals surface area contributed by atoms with E-state index >= 15 is 0 Å². The molecule has 0 aliphatic carbocycles. The topological polar surface area (TPSA) is 21.3 Å². The van der Waals surface area contributed by atoms with Gasteiger partial charge < -0.3 is 10.1 Å². The SMILES string of the molecule is CNCc1cc(-c2cc(C)c(F)cc2F)ccc1OC. The van der Waals surface area contributed by atoms with Crippen molar-refractivity contribution in [3.63, 3.8) is 0 Å². The summed E-state index contributed by atoms with van der Waals surface area (Å²) >= 11 is 0. The fraction of sp³-hybridized carbons (Fsp3) is 0.250. The summed E-state index contributed by atoms with van der Waals surface area (Å²) in [6, 6.07) is 7.86. The zero-order valence-corrected chi connectivity index (χ0v) is 11.8. The summed E-state index contributed by atoms with van der Waals surface area (Å²) in [5.74, 6) is -0.355. The number of rotatable bonds is 4. The van der Waals surface area contributed by atoms with Crippen LogP contribution in [0, 0.1) is 18.6 Å². The van der Waals surface area contributed by atoms with Crippen LogP contribution in [0.5, 0.6) is 5.75 Å². The minimum atomic E-state index is -0.561. The van der Waals surface area contributed by atoms with Gasteiger partial charge in [0.15, 0.2) is 0 Å². The average Bonchev–Trinajstić information content (AvgIpc) is 2.43. The highest BCUT2D eigenvalue weighted by Gasteiger charge is 2.11. The van der Waals surface area contributed by atoms with E-state index in [9.17, 15) is 8.78 Å². The van der Waals surface area contributed by atoms with Crippen LogP contribution in [-0.4, -0.2) is 14.2 Å². The van der Waals surface area contributed by atoms with Crippen molar-refractivity contribution in [2.75, 3.05) is 14.2 Å². The van der Waals surface area contributed by atoms with E-state index in [4.69, 9.17) is 4.74 Å². The Hall–Kier alpha value is -1.94. The molecule has 2 rings (SSSR count). The molecule has 106 valence electrons. The maximum atomic E-state index is 13.9. The molecule has 0 heterocycles. The molecule has 2 aromatic rings. The Morgan fingerprint density at radius 1 is 1.10 bits per heavy atom. The minimum Gasteiger partial charge on any atom is -0.496 e. The number of halogens is 2. The molecule has 0 aliphatic heterocycles. The standard InChI is InChI=1S/C16H17F2NO/c1-10-6-13(15(18)8-14(10)17)11-4-5-16(20-3)12(7-11)9-19-2/h4-8,19H,9H2,1-3H3. The summed E-state index contributed by atoms with van der Waals surface area (Å²) in [6.45, 7) is 2.23. The third-order valence-electron chi connectivity index (χ3n) is 3.21. The van der Waals surface area contributed by atoms with Crippen molar-refractivity contribution < 1.29 is 13.5 Å². The fourth-order valence-electron chi connectivity index (χ4n) is 2.15. The van der Waals surface area contributed by atoms with Crippen molar-refractivity contribution in [1.29, 1.82) is 0 Å². The Morgan fingerprint density at radius 3 is 2.50 bits per heavy atom. The van der Waals surface area contributed by atoms with Gasteiger partial charge in [-0.05, 0) is 43.3 Å². The van der Waals surface area contributed by atoms with E-state index in [-0.39, 0.29) is 0 Å². The van der Waals surface area contributed by atoms with E-state index in [1.54, 1.807) is 26.2 Å². The Morgan fingerprint density at radius 2 is 1.85 bits per heavy atom. The van der Waals surface area contributed by atoms with Crippen molar-refractivity contribution in [3.05, 3.63) is 53.1 Å². The zero-order valence-electron chi connectivity index (χ0n) is 11.8. The third kappa shape index (κ3) is 2.80. The van der Waals surface area contributed by atoms with E-state index in [2.05, 4.69) is 5.32 Å². The molecule has 0 amide bonds. The highest BCUT2D eigenvalue weighted by atomic mass is 19.1. The first-order valence-electron chi connectivity index (χ1n) is 6.34. The average molecular weight is 277 g/mol. The Bertz CT molecular complexity index is 626. The molecule has 2 nitrogen and oxygen atoms in total. The number of ether oxygens (including phenoxy) is 1. The quantitative estimate of drug-likeness (QED) is 0.920. The molecule has 20 heavy (non-hydrogen) atoms. The summed E-state index contributed by atoms with van der Waals surface area (Å²) < 4.78 is 32.5. The van der Waals surface area contributed by atoms with Gasteiger partial charge in [0, 0.05) is 23.7 Å². The zero-order chi connectivity index (χ0) is 14.7. The van der Waals surface area contributed by atoms with Gasteiger partial charge in [-0.15, -0.1) is 0 Å². The largest absolute Gasteiger partial charge is 0.496 e. The Balaban J connectivity index is 2.53. The van der Waals surface area contributed by atoms with Crippen LogP contribution in [0.25, 0.3) is 11.1 Å². The number of nitrogens with one attached hydrogen (secondary N) is 1. The van der Waals surface area contributed by atoms with Crippen LogP contribution < -0.4 is 10.1 Å². The number of hydrogen-bond acceptors (Lipinski definition) is 2. The molecule has 0 bridgehead atoms. The predicted octanol–water partition coefficient (Wildman–Crippen LogP) is 3.67. The van der Waals surface area contributed by atoms with Crippen LogP contribution in [0.1, 0.15) is 11.1 Å². The van der Waals surface area contributed by atoms with E-state index in [1.165, 1.54) is 6.07 Å². The molecule has 0 aliphatic rings. The molecule has 0 unspecified atom stereocenters. The number of aryl methyl sites for hydroxylation is 1. The lowest BCUT2D eigenvalue weighted by atomic mass is 10.00. The predicted molar refractivity (Wildman–Crippen MR) is 75.8 cm³/mol. The summed E-state index contributed by atoms with van der Waals surface area (Å²) in [5, 5.41) is 3.04. The molecule has 4 heteroatoms. The second-order valence-corrected chi connectivity index (χ2v) is 4.64. The molecule has 1 N–H and O–H groups in total. The molecular formula is C16H17F2NO. The Kier molecular flexibility index (Phi) is 4.35. The van der Waals surface area contributed by atoms with Gasteiger partial charge >= 0.3 is 0 Å². The van der Waals surface area contributed by atoms with Crippen molar-refractivity contribution in [1.82, 2.24) is 5.32 Å². The number of benzene rings is 2. The smallest absolute Gasteiger partial charge is 0.133 e. The van der Waals surface area contributed by atoms with E-state index < -0.39 is 11.6 Å². The maximum Gasteiger partial charge on any atom is 0.133 e. The molecule has 0 saturated carbocycles. The monoisotopic (exact) mass is 277 g/mol. The van der Waals surface area contributed by atoms with Gasteiger partial charge in [-0.3, -0.25) is 0 Å². The summed E-state index contributed by atoms with van der Waals surface area (Å²) in [5.41, 5.74) is 2.45. The highest BCUT2D eigenvalue weighted by molar-refractivity contribution is 5.67. The molecule has 0 saturated heterocycles.